The predicted molar refractivity (Wildman–Crippen MR) is 58.8 cm³/mol. The molecular weight excluding hydrogens is 227 g/mol. The Morgan fingerprint density at radius 1 is 1.65 bits per heavy atom. The number of halogens is 1. The van der Waals surface area contributed by atoms with Gasteiger partial charge in [-0.2, -0.15) is 0 Å². The second-order valence-corrected chi connectivity index (χ2v) is 3.28. The van der Waals surface area contributed by atoms with Crippen LogP contribution in [-0.2, 0) is 0 Å². The molecule has 1 aromatic carbocycles. The van der Waals surface area contributed by atoms with E-state index in [-0.39, 0.29) is 5.56 Å². The number of nitro benzene ring substituents is 1. The summed E-state index contributed by atoms with van der Waals surface area (Å²) in [4.78, 5) is 21.1. The van der Waals surface area contributed by atoms with Crippen molar-refractivity contribution in [2.45, 2.75) is 13.0 Å². The molecule has 0 saturated carbocycles. The van der Waals surface area contributed by atoms with E-state index in [1.807, 2.05) is 0 Å². The van der Waals surface area contributed by atoms with Gasteiger partial charge in [0.05, 0.1) is 22.6 Å². The van der Waals surface area contributed by atoms with Crippen molar-refractivity contribution in [2.24, 2.45) is 0 Å². The van der Waals surface area contributed by atoms with E-state index in [4.69, 9.17) is 6.42 Å². The van der Waals surface area contributed by atoms with Crippen LogP contribution in [0.3, 0.4) is 0 Å². The Balaban J connectivity index is 2.97. The standard InChI is InChI=1S/C11H9FN2O3/c1-3-7(2)13-11(15)9-5-4-8(14(16)17)6-10(9)12/h1,4-7H,2H3,(H,13,15). The Morgan fingerprint density at radius 2 is 2.29 bits per heavy atom. The summed E-state index contributed by atoms with van der Waals surface area (Å²) in [5, 5.41) is 12.7. The second-order valence-electron chi connectivity index (χ2n) is 3.28. The van der Waals surface area contributed by atoms with Crippen LogP contribution in [0.4, 0.5) is 10.1 Å². The van der Waals surface area contributed by atoms with Crippen molar-refractivity contribution in [3.8, 4) is 12.3 Å². The van der Waals surface area contributed by atoms with Gasteiger partial charge in [-0.15, -0.1) is 6.42 Å². The molecule has 0 fully saturated rings. The van der Waals surface area contributed by atoms with E-state index in [1.165, 1.54) is 0 Å². The molecule has 0 aliphatic carbocycles. The van der Waals surface area contributed by atoms with Crippen LogP contribution in [0.5, 0.6) is 0 Å². The lowest BCUT2D eigenvalue weighted by Gasteiger charge is -2.08. The Bertz CT molecular complexity index is 508. The number of nitrogens with one attached hydrogen (secondary N) is 1. The number of terminal acetylenes is 1. The monoisotopic (exact) mass is 236 g/mol. The number of amides is 1. The molecule has 0 bridgehead atoms. The molecule has 1 atom stereocenters. The number of nitro groups is 1. The van der Waals surface area contributed by atoms with Gasteiger partial charge < -0.3 is 5.32 Å². The van der Waals surface area contributed by atoms with Crippen molar-refractivity contribution in [1.82, 2.24) is 5.32 Å². The fraction of sp³-hybridized carbons (Fsp3) is 0.182. The third kappa shape index (κ3) is 3.01. The second kappa shape index (κ2) is 5.07. The molecule has 1 N–H and O–H groups in total. The maximum atomic E-state index is 13.4. The van der Waals surface area contributed by atoms with Gasteiger partial charge in [-0.1, -0.05) is 5.92 Å². The van der Waals surface area contributed by atoms with E-state index in [2.05, 4.69) is 11.2 Å². The van der Waals surface area contributed by atoms with Crippen molar-refractivity contribution in [2.75, 3.05) is 0 Å². The average molecular weight is 236 g/mol. The van der Waals surface area contributed by atoms with E-state index in [1.54, 1.807) is 6.92 Å². The summed E-state index contributed by atoms with van der Waals surface area (Å²) in [6.45, 7) is 1.56. The van der Waals surface area contributed by atoms with Crippen molar-refractivity contribution in [3.63, 3.8) is 0 Å². The van der Waals surface area contributed by atoms with E-state index in [0.717, 1.165) is 12.1 Å². The first kappa shape index (κ1) is 12.6. The number of non-ortho nitro benzene ring substituents is 1. The first-order chi connectivity index (χ1) is 7.95. The van der Waals surface area contributed by atoms with Crippen LogP contribution in [-0.4, -0.2) is 16.9 Å². The first-order valence-corrected chi connectivity index (χ1v) is 4.66. The maximum absolute atomic E-state index is 13.4. The van der Waals surface area contributed by atoms with Gasteiger partial charge in [0.2, 0.25) is 0 Å². The van der Waals surface area contributed by atoms with Gasteiger partial charge in [-0.3, -0.25) is 14.9 Å². The van der Waals surface area contributed by atoms with Crippen LogP contribution in [0, 0.1) is 28.3 Å². The summed E-state index contributed by atoms with van der Waals surface area (Å²) in [5.41, 5.74) is -0.693. The fourth-order valence-corrected chi connectivity index (χ4v) is 1.12. The van der Waals surface area contributed by atoms with Gasteiger partial charge in [-0.25, -0.2) is 4.39 Å². The number of nitrogens with zero attached hydrogens (tertiary/aromatic N) is 1. The zero-order valence-electron chi connectivity index (χ0n) is 8.94. The minimum Gasteiger partial charge on any atom is -0.339 e. The number of hydrogen-bond donors (Lipinski definition) is 1. The molecule has 0 aromatic heterocycles. The number of benzene rings is 1. The minimum absolute atomic E-state index is 0.280. The maximum Gasteiger partial charge on any atom is 0.272 e. The van der Waals surface area contributed by atoms with Crippen LogP contribution in [0.15, 0.2) is 18.2 Å². The number of carbonyl (C=O) groups is 1. The summed E-state index contributed by atoms with van der Waals surface area (Å²) in [5.74, 6) is 0.589. The average Bonchev–Trinajstić information content (AvgIpc) is 2.28. The third-order valence-electron chi connectivity index (χ3n) is 2.01. The van der Waals surface area contributed by atoms with E-state index in [0.29, 0.717) is 6.07 Å². The van der Waals surface area contributed by atoms with Crippen LogP contribution >= 0.6 is 0 Å². The van der Waals surface area contributed by atoms with Crippen LogP contribution in [0.1, 0.15) is 17.3 Å². The van der Waals surface area contributed by atoms with Crippen LogP contribution in [0.25, 0.3) is 0 Å². The molecule has 1 aromatic rings. The SMILES string of the molecule is C#CC(C)NC(=O)c1ccc([N+](=O)[O-])cc1F. The highest BCUT2D eigenvalue weighted by atomic mass is 19.1. The topological polar surface area (TPSA) is 72.2 Å². The Morgan fingerprint density at radius 3 is 2.76 bits per heavy atom. The highest BCUT2D eigenvalue weighted by molar-refractivity contribution is 5.95. The molecule has 0 aliphatic heterocycles. The molecule has 1 unspecified atom stereocenters. The number of hydrogen-bond acceptors (Lipinski definition) is 3. The molecular formula is C11H9FN2O3. The quantitative estimate of drug-likeness (QED) is 0.491. The lowest BCUT2D eigenvalue weighted by atomic mass is 10.1. The number of rotatable bonds is 3. The van der Waals surface area contributed by atoms with Crippen LogP contribution < -0.4 is 5.32 Å². The van der Waals surface area contributed by atoms with Crippen LogP contribution in [0.2, 0.25) is 0 Å². The highest BCUT2D eigenvalue weighted by Gasteiger charge is 2.16. The van der Waals surface area contributed by atoms with Gasteiger partial charge >= 0.3 is 0 Å². The van der Waals surface area contributed by atoms with Crippen molar-refractivity contribution >= 4 is 11.6 Å². The Labute approximate surface area is 96.8 Å². The van der Waals surface area contributed by atoms with Gasteiger partial charge in [0.15, 0.2) is 0 Å². The van der Waals surface area contributed by atoms with Gasteiger partial charge in [0, 0.05) is 6.07 Å². The van der Waals surface area contributed by atoms with Gasteiger partial charge in [-0.05, 0) is 13.0 Å². The molecule has 5 nitrogen and oxygen atoms in total. The smallest absolute Gasteiger partial charge is 0.272 e. The van der Waals surface area contributed by atoms with Crippen molar-refractivity contribution in [3.05, 3.63) is 39.7 Å². The molecule has 0 spiro atoms. The molecule has 6 heteroatoms. The van der Waals surface area contributed by atoms with E-state index in [9.17, 15) is 19.3 Å². The lowest BCUT2D eigenvalue weighted by molar-refractivity contribution is -0.385. The predicted octanol–water partition coefficient (Wildman–Crippen LogP) is 1.49. The zero-order chi connectivity index (χ0) is 13.0. The molecule has 1 amide bonds. The molecule has 88 valence electrons. The molecule has 0 radical (unpaired) electrons. The summed E-state index contributed by atoms with van der Waals surface area (Å²) >= 11 is 0. The van der Waals surface area contributed by atoms with Gasteiger partial charge in [0.1, 0.15) is 5.82 Å². The van der Waals surface area contributed by atoms with E-state index < -0.39 is 28.4 Å². The largest absolute Gasteiger partial charge is 0.339 e. The zero-order valence-corrected chi connectivity index (χ0v) is 8.94. The third-order valence-corrected chi connectivity index (χ3v) is 2.01. The molecule has 0 saturated heterocycles. The minimum atomic E-state index is -0.957. The first-order valence-electron chi connectivity index (χ1n) is 4.66. The summed E-state index contributed by atoms with van der Waals surface area (Å²) in [7, 11) is 0. The molecule has 0 heterocycles. The summed E-state index contributed by atoms with van der Waals surface area (Å²) in [6, 6.07) is 2.25. The normalized spacial score (nSPS) is 11.4. The number of carbonyl (C=O) groups excluding carboxylic acids is 1. The summed E-state index contributed by atoms with van der Waals surface area (Å²) < 4.78 is 13.4. The fourth-order valence-electron chi connectivity index (χ4n) is 1.12. The molecule has 17 heavy (non-hydrogen) atoms. The van der Waals surface area contributed by atoms with E-state index >= 15 is 0 Å². The lowest BCUT2D eigenvalue weighted by Crippen LogP contribution is -2.31. The van der Waals surface area contributed by atoms with Gasteiger partial charge in [0.25, 0.3) is 11.6 Å². The highest BCUT2D eigenvalue weighted by Crippen LogP contribution is 2.16. The molecule has 1 rings (SSSR count). The Kier molecular flexibility index (Phi) is 3.78. The summed E-state index contributed by atoms with van der Waals surface area (Å²) in [6.07, 6.45) is 5.05. The van der Waals surface area contributed by atoms with Crippen molar-refractivity contribution < 1.29 is 14.1 Å². The molecule has 0 aliphatic rings. The van der Waals surface area contributed by atoms with Crippen molar-refractivity contribution in [1.29, 1.82) is 0 Å². The Hall–Kier alpha value is -2.42.